The molecule has 1 aromatic heterocycles. The third-order valence-corrected chi connectivity index (χ3v) is 5.94. The van der Waals surface area contributed by atoms with Crippen molar-refractivity contribution in [3.63, 3.8) is 0 Å². The quantitative estimate of drug-likeness (QED) is 0.700. The minimum Gasteiger partial charge on any atom is -0.348 e. The third-order valence-electron chi connectivity index (χ3n) is 5.94. The van der Waals surface area contributed by atoms with Crippen molar-refractivity contribution in [2.24, 2.45) is 0 Å². The van der Waals surface area contributed by atoms with Crippen LogP contribution in [0, 0.1) is 0 Å². The summed E-state index contributed by atoms with van der Waals surface area (Å²) in [6.45, 7) is 4.85. The van der Waals surface area contributed by atoms with E-state index in [0.717, 1.165) is 56.6 Å². The van der Waals surface area contributed by atoms with Gasteiger partial charge in [0.2, 0.25) is 0 Å². The SMILES string of the molecule is CC(C)c1ncc(-c2ccc3c(c2)C(=O)NC3)cc1-c1ccc2c(c1)C(=O)CC2. The standard InChI is InChI=1S/C25H22N2O2/c1-14(2)24-21(17-5-3-15-7-8-23(28)20(15)10-17)11-19(13-26-24)16-4-6-18-12-27-25(29)22(18)9-16/h3-6,9-11,13-14H,7-8,12H2,1-2H3,(H,27,29). The normalized spacial score (nSPS) is 14.9. The Kier molecular flexibility index (Phi) is 4.09. The van der Waals surface area contributed by atoms with Crippen LogP contribution in [0.15, 0.2) is 48.7 Å². The largest absolute Gasteiger partial charge is 0.348 e. The first-order valence-corrected chi connectivity index (χ1v) is 10.1. The second kappa shape index (κ2) is 6.66. The number of fused-ring (bicyclic) bond motifs is 2. The van der Waals surface area contributed by atoms with Gasteiger partial charge in [-0.25, -0.2) is 0 Å². The van der Waals surface area contributed by atoms with Gasteiger partial charge in [0.25, 0.3) is 5.91 Å². The molecule has 2 aliphatic rings. The van der Waals surface area contributed by atoms with Crippen LogP contribution in [0.4, 0.5) is 0 Å². The van der Waals surface area contributed by atoms with Gasteiger partial charge in [0.05, 0.1) is 5.69 Å². The molecule has 0 saturated heterocycles. The number of ketones is 1. The summed E-state index contributed by atoms with van der Waals surface area (Å²) in [5, 5.41) is 2.87. The van der Waals surface area contributed by atoms with E-state index in [2.05, 4.69) is 37.4 Å². The van der Waals surface area contributed by atoms with E-state index >= 15 is 0 Å². The molecule has 2 heterocycles. The zero-order chi connectivity index (χ0) is 20.1. The minimum absolute atomic E-state index is 0.0223. The zero-order valence-electron chi connectivity index (χ0n) is 16.6. The Labute approximate surface area is 170 Å². The number of rotatable bonds is 3. The summed E-state index contributed by atoms with van der Waals surface area (Å²) in [5.41, 5.74) is 8.78. The number of hydrogen-bond donors (Lipinski definition) is 1. The second-order valence-corrected chi connectivity index (χ2v) is 8.16. The molecule has 1 aliphatic carbocycles. The molecule has 4 heteroatoms. The van der Waals surface area contributed by atoms with Gasteiger partial charge in [-0.15, -0.1) is 0 Å². The Bertz CT molecular complexity index is 1180. The molecule has 2 aromatic carbocycles. The number of nitrogens with zero attached hydrogens (tertiary/aromatic N) is 1. The van der Waals surface area contributed by atoms with E-state index in [1.807, 2.05) is 30.5 Å². The molecule has 5 rings (SSSR count). The lowest BCUT2D eigenvalue weighted by molar-refractivity contribution is 0.0963. The third kappa shape index (κ3) is 2.96. The number of aryl methyl sites for hydroxylation is 1. The van der Waals surface area contributed by atoms with E-state index in [-0.39, 0.29) is 17.6 Å². The monoisotopic (exact) mass is 382 g/mol. The van der Waals surface area contributed by atoms with Crippen LogP contribution >= 0.6 is 0 Å². The summed E-state index contributed by atoms with van der Waals surface area (Å²) in [4.78, 5) is 29.1. The summed E-state index contributed by atoms with van der Waals surface area (Å²) in [6, 6.07) is 14.3. The first kappa shape index (κ1) is 17.8. The maximum atomic E-state index is 12.2. The summed E-state index contributed by atoms with van der Waals surface area (Å²) < 4.78 is 0. The number of benzene rings is 2. The molecule has 0 unspecified atom stereocenters. The average Bonchev–Trinajstić information content (AvgIpc) is 3.29. The number of amides is 1. The molecule has 0 atom stereocenters. The van der Waals surface area contributed by atoms with Crippen molar-refractivity contribution in [3.8, 4) is 22.3 Å². The number of Topliss-reactive ketones (excluding diaryl/α,β-unsaturated/α-hetero) is 1. The first-order chi connectivity index (χ1) is 14.0. The van der Waals surface area contributed by atoms with Gasteiger partial charge >= 0.3 is 0 Å². The fourth-order valence-electron chi connectivity index (χ4n) is 4.32. The molecular weight excluding hydrogens is 360 g/mol. The Balaban J connectivity index is 1.64. The van der Waals surface area contributed by atoms with Crippen LogP contribution in [0.5, 0.6) is 0 Å². The molecule has 1 amide bonds. The predicted molar refractivity (Wildman–Crippen MR) is 113 cm³/mol. The van der Waals surface area contributed by atoms with Crippen molar-refractivity contribution in [2.75, 3.05) is 0 Å². The van der Waals surface area contributed by atoms with E-state index in [0.29, 0.717) is 13.0 Å². The maximum absolute atomic E-state index is 12.2. The first-order valence-electron chi connectivity index (χ1n) is 10.1. The van der Waals surface area contributed by atoms with Crippen molar-refractivity contribution >= 4 is 11.7 Å². The molecule has 4 nitrogen and oxygen atoms in total. The predicted octanol–water partition coefficient (Wildman–Crippen LogP) is 4.91. The Morgan fingerprint density at radius 1 is 0.828 bits per heavy atom. The van der Waals surface area contributed by atoms with Gasteiger partial charge in [-0.2, -0.15) is 0 Å². The molecule has 0 radical (unpaired) electrons. The Morgan fingerprint density at radius 3 is 2.38 bits per heavy atom. The van der Waals surface area contributed by atoms with Crippen LogP contribution < -0.4 is 5.32 Å². The van der Waals surface area contributed by atoms with Gasteiger partial charge in [0, 0.05) is 41.4 Å². The van der Waals surface area contributed by atoms with E-state index < -0.39 is 0 Å². The van der Waals surface area contributed by atoms with Gasteiger partial charge in [0.1, 0.15) is 0 Å². The molecule has 3 aromatic rings. The summed E-state index contributed by atoms with van der Waals surface area (Å²) in [5.74, 6) is 0.460. The van der Waals surface area contributed by atoms with Gasteiger partial charge in [0.15, 0.2) is 5.78 Å². The van der Waals surface area contributed by atoms with Crippen LogP contribution in [-0.4, -0.2) is 16.7 Å². The van der Waals surface area contributed by atoms with Gasteiger partial charge in [-0.3, -0.25) is 14.6 Å². The van der Waals surface area contributed by atoms with E-state index in [4.69, 9.17) is 4.98 Å². The molecule has 1 N–H and O–H groups in total. The topological polar surface area (TPSA) is 59.1 Å². The fourth-order valence-corrected chi connectivity index (χ4v) is 4.32. The van der Waals surface area contributed by atoms with Crippen LogP contribution in [0.2, 0.25) is 0 Å². The van der Waals surface area contributed by atoms with E-state index in [1.54, 1.807) is 0 Å². The van der Waals surface area contributed by atoms with Crippen LogP contribution in [0.3, 0.4) is 0 Å². The van der Waals surface area contributed by atoms with Crippen molar-refractivity contribution < 1.29 is 9.59 Å². The molecule has 0 fully saturated rings. The number of pyridine rings is 1. The van der Waals surface area contributed by atoms with Crippen molar-refractivity contribution in [3.05, 3.63) is 76.6 Å². The lowest BCUT2D eigenvalue weighted by Gasteiger charge is -2.15. The molecule has 1 aliphatic heterocycles. The molecule has 0 bridgehead atoms. The fraction of sp³-hybridized carbons (Fsp3) is 0.240. The number of carbonyl (C=O) groups is 2. The molecule has 144 valence electrons. The highest BCUT2D eigenvalue weighted by Crippen LogP contribution is 2.35. The van der Waals surface area contributed by atoms with E-state index in [1.165, 1.54) is 0 Å². The van der Waals surface area contributed by atoms with Gasteiger partial charge < -0.3 is 5.32 Å². The van der Waals surface area contributed by atoms with Crippen LogP contribution in [0.25, 0.3) is 22.3 Å². The zero-order valence-corrected chi connectivity index (χ0v) is 16.6. The number of hydrogen-bond acceptors (Lipinski definition) is 3. The van der Waals surface area contributed by atoms with Crippen LogP contribution in [-0.2, 0) is 13.0 Å². The summed E-state index contributed by atoms with van der Waals surface area (Å²) in [6.07, 6.45) is 3.32. The smallest absolute Gasteiger partial charge is 0.251 e. The Morgan fingerprint density at radius 2 is 1.55 bits per heavy atom. The molecular formula is C25H22N2O2. The number of carbonyl (C=O) groups excluding carboxylic acids is 2. The highest BCUT2D eigenvalue weighted by molar-refractivity contribution is 6.02. The lowest BCUT2D eigenvalue weighted by atomic mass is 9.92. The van der Waals surface area contributed by atoms with Crippen molar-refractivity contribution in [1.29, 1.82) is 0 Å². The maximum Gasteiger partial charge on any atom is 0.251 e. The molecule has 0 saturated carbocycles. The van der Waals surface area contributed by atoms with Gasteiger partial charge in [-0.1, -0.05) is 38.1 Å². The van der Waals surface area contributed by atoms with Crippen molar-refractivity contribution in [1.82, 2.24) is 10.3 Å². The lowest BCUT2D eigenvalue weighted by Crippen LogP contribution is -2.12. The highest BCUT2D eigenvalue weighted by atomic mass is 16.2. The molecule has 29 heavy (non-hydrogen) atoms. The molecule has 0 spiro atoms. The minimum atomic E-state index is -0.0223. The van der Waals surface area contributed by atoms with Gasteiger partial charge in [-0.05, 0) is 52.8 Å². The highest BCUT2D eigenvalue weighted by Gasteiger charge is 2.22. The summed E-state index contributed by atoms with van der Waals surface area (Å²) in [7, 11) is 0. The average molecular weight is 382 g/mol. The van der Waals surface area contributed by atoms with Crippen LogP contribution in [0.1, 0.15) is 63.7 Å². The summed E-state index contributed by atoms with van der Waals surface area (Å²) >= 11 is 0. The number of aromatic nitrogens is 1. The van der Waals surface area contributed by atoms with E-state index in [9.17, 15) is 9.59 Å². The van der Waals surface area contributed by atoms with Crippen molar-refractivity contribution in [2.45, 2.75) is 39.2 Å². The second-order valence-electron chi connectivity index (χ2n) is 8.16. The number of nitrogens with one attached hydrogen (secondary N) is 1. The Hall–Kier alpha value is -3.27.